The summed E-state index contributed by atoms with van der Waals surface area (Å²) >= 11 is 3.34. The lowest BCUT2D eigenvalue weighted by molar-refractivity contribution is 0.288. The molecule has 2 N–H and O–H groups in total. The van der Waals surface area contributed by atoms with Crippen LogP contribution in [0.5, 0.6) is 5.75 Å². The van der Waals surface area contributed by atoms with Crippen LogP contribution in [0.1, 0.15) is 23.1 Å². The molecular weight excluding hydrogens is 244 g/mol. The normalized spacial score (nSPS) is 10.6. The first-order valence-electron chi connectivity index (χ1n) is 4.66. The van der Waals surface area contributed by atoms with Crippen molar-refractivity contribution in [3.05, 3.63) is 27.2 Å². The van der Waals surface area contributed by atoms with Crippen LogP contribution in [0.2, 0.25) is 0 Å². The van der Waals surface area contributed by atoms with Crippen molar-refractivity contribution in [3.63, 3.8) is 0 Å². The fourth-order valence-electron chi connectivity index (χ4n) is 1.62. The third-order valence-electron chi connectivity index (χ3n) is 2.42. The summed E-state index contributed by atoms with van der Waals surface area (Å²) in [4.78, 5) is 0. The first-order chi connectivity index (χ1) is 6.57. The van der Waals surface area contributed by atoms with Gasteiger partial charge in [0, 0.05) is 6.61 Å². The molecule has 3 heteroatoms. The van der Waals surface area contributed by atoms with Crippen LogP contribution in [0.15, 0.2) is 10.5 Å². The number of hydrogen-bond donors (Lipinski definition) is 2. The van der Waals surface area contributed by atoms with E-state index in [1.807, 2.05) is 13.8 Å². The molecule has 0 radical (unpaired) electrons. The number of halogens is 1. The fraction of sp³-hybridized carbons (Fsp3) is 0.455. The van der Waals surface area contributed by atoms with Crippen LogP contribution in [-0.4, -0.2) is 16.8 Å². The van der Waals surface area contributed by atoms with Gasteiger partial charge in [-0.1, -0.05) is 0 Å². The summed E-state index contributed by atoms with van der Waals surface area (Å²) in [5, 5.41) is 18.3. The molecule has 0 fully saturated rings. The largest absolute Gasteiger partial charge is 0.507 e. The highest BCUT2D eigenvalue weighted by atomic mass is 79.9. The van der Waals surface area contributed by atoms with Crippen molar-refractivity contribution in [1.82, 2.24) is 0 Å². The summed E-state index contributed by atoms with van der Waals surface area (Å²) in [5.41, 5.74) is 3.36. The maximum Gasteiger partial charge on any atom is 0.130 e. The predicted octanol–water partition coefficient (Wildman–Crippen LogP) is 2.70. The van der Waals surface area contributed by atoms with E-state index in [0.29, 0.717) is 0 Å². The molecule has 0 saturated carbocycles. The summed E-state index contributed by atoms with van der Waals surface area (Å²) in [6, 6.07) is 1.75. The van der Waals surface area contributed by atoms with Crippen molar-refractivity contribution < 1.29 is 10.2 Å². The molecule has 0 aliphatic carbocycles. The van der Waals surface area contributed by atoms with Gasteiger partial charge >= 0.3 is 0 Å². The van der Waals surface area contributed by atoms with E-state index < -0.39 is 0 Å². The highest BCUT2D eigenvalue weighted by Gasteiger charge is 2.09. The average Bonchev–Trinajstić information content (AvgIpc) is 2.14. The number of rotatable bonds is 3. The number of aliphatic hydroxyl groups is 1. The SMILES string of the molecule is Cc1cc(O)c(Br)c(C)c1CCCO. The van der Waals surface area contributed by atoms with Gasteiger partial charge in [0.15, 0.2) is 0 Å². The molecule has 0 amide bonds. The Labute approximate surface area is 92.7 Å². The van der Waals surface area contributed by atoms with Crippen LogP contribution >= 0.6 is 15.9 Å². The molecule has 0 atom stereocenters. The predicted molar refractivity (Wildman–Crippen MR) is 60.7 cm³/mol. The number of phenolic OH excluding ortho intramolecular Hbond substituents is 1. The Morgan fingerprint density at radius 3 is 2.57 bits per heavy atom. The van der Waals surface area contributed by atoms with Gasteiger partial charge in [0.1, 0.15) is 5.75 Å². The zero-order valence-corrected chi connectivity index (χ0v) is 10.1. The van der Waals surface area contributed by atoms with Crippen LogP contribution in [0.25, 0.3) is 0 Å². The highest BCUT2D eigenvalue weighted by Crippen LogP contribution is 2.32. The number of benzene rings is 1. The van der Waals surface area contributed by atoms with Gasteiger partial charge in [-0.05, 0) is 65.4 Å². The zero-order valence-electron chi connectivity index (χ0n) is 8.47. The van der Waals surface area contributed by atoms with Crippen molar-refractivity contribution in [2.75, 3.05) is 6.61 Å². The maximum absolute atomic E-state index is 9.53. The summed E-state index contributed by atoms with van der Waals surface area (Å²) in [5.74, 6) is 0.285. The number of hydrogen-bond acceptors (Lipinski definition) is 2. The third-order valence-corrected chi connectivity index (χ3v) is 3.42. The van der Waals surface area contributed by atoms with Gasteiger partial charge in [0.2, 0.25) is 0 Å². The monoisotopic (exact) mass is 258 g/mol. The van der Waals surface area contributed by atoms with E-state index in [0.717, 1.165) is 28.4 Å². The average molecular weight is 259 g/mol. The molecule has 0 aromatic heterocycles. The molecule has 78 valence electrons. The molecule has 0 spiro atoms. The van der Waals surface area contributed by atoms with Crippen LogP contribution in [-0.2, 0) is 6.42 Å². The molecular formula is C11H15BrO2. The number of aryl methyl sites for hydroxylation is 1. The second-order valence-corrected chi connectivity index (χ2v) is 4.25. The molecule has 0 aliphatic rings. The fourth-order valence-corrected chi connectivity index (χ4v) is 1.97. The minimum absolute atomic E-state index is 0.206. The van der Waals surface area contributed by atoms with E-state index in [9.17, 15) is 5.11 Å². The van der Waals surface area contributed by atoms with Gasteiger partial charge in [0.25, 0.3) is 0 Å². The molecule has 0 aliphatic heterocycles. The van der Waals surface area contributed by atoms with E-state index in [2.05, 4.69) is 15.9 Å². The molecule has 0 bridgehead atoms. The Bertz CT molecular complexity index is 335. The van der Waals surface area contributed by atoms with Gasteiger partial charge < -0.3 is 10.2 Å². The molecule has 0 heterocycles. The van der Waals surface area contributed by atoms with Gasteiger partial charge in [0.05, 0.1) is 4.47 Å². The standard InChI is InChI=1S/C11H15BrO2/c1-7-6-10(14)11(12)8(2)9(7)4-3-5-13/h6,13-14H,3-5H2,1-2H3. The third kappa shape index (κ3) is 2.28. The highest BCUT2D eigenvalue weighted by molar-refractivity contribution is 9.10. The quantitative estimate of drug-likeness (QED) is 0.876. The Morgan fingerprint density at radius 2 is 2.00 bits per heavy atom. The van der Waals surface area contributed by atoms with Crippen LogP contribution in [0.4, 0.5) is 0 Å². The minimum Gasteiger partial charge on any atom is -0.507 e. The first kappa shape index (κ1) is 11.5. The van der Waals surface area contributed by atoms with Gasteiger partial charge in [-0.3, -0.25) is 0 Å². The Balaban J connectivity index is 3.09. The number of aromatic hydroxyl groups is 1. The lowest BCUT2D eigenvalue weighted by atomic mass is 9.98. The summed E-state index contributed by atoms with van der Waals surface area (Å²) in [6.45, 7) is 4.16. The Hall–Kier alpha value is -0.540. The van der Waals surface area contributed by atoms with Crippen molar-refractivity contribution in [3.8, 4) is 5.75 Å². The maximum atomic E-state index is 9.53. The van der Waals surface area contributed by atoms with Crippen molar-refractivity contribution in [1.29, 1.82) is 0 Å². The van der Waals surface area contributed by atoms with Crippen molar-refractivity contribution in [2.45, 2.75) is 26.7 Å². The van der Waals surface area contributed by atoms with E-state index in [4.69, 9.17) is 5.11 Å². The molecule has 1 rings (SSSR count). The second kappa shape index (κ2) is 4.80. The van der Waals surface area contributed by atoms with E-state index in [-0.39, 0.29) is 12.4 Å². The Kier molecular flexibility index (Phi) is 3.96. The van der Waals surface area contributed by atoms with Crippen molar-refractivity contribution in [2.24, 2.45) is 0 Å². The Morgan fingerprint density at radius 1 is 1.36 bits per heavy atom. The zero-order chi connectivity index (χ0) is 10.7. The summed E-state index contributed by atoms with van der Waals surface area (Å²) in [7, 11) is 0. The lowest BCUT2D eigenvalue weighted by Gasteiger charge is -2.12. The van der Waals surface area contributed by atoms with Crippen molar-refractivity contribution >= 4 is 15.9 Å². The van der Waals surface area contributed by atoms with Gasteiger partial charge in [-0.15, -0.1) is 0 Å². The smallest absolute Gasteiger partial charge is 0.130 e. The van der Waals surface area contributed by atoms with Crippen LogP contribution in [0, 0.1) is 13.8 Å². The number of aliphatic hydroxyl groups excluding tert-OH is 1. The summed E-state index contributed by atoms with van der Waals surface area (Å²) < 4.78 is 0.760. The molecule has 2 nitrogen and oxygen atoms in total. The first-order valence-corrected chi connectivity index (χ1v) is 5.45. The molecule has 1 aromatic rings. The van der Waals surface area contributed by atoms with E-state index in [1.54, 1.807) is 6.07 Å². The van der Waals surface area contributed by atoms with E-state index in [1.165, 1.54) is 5.56 Å². The van der Waals surface area contributed by atoms with Gasteiger partial charge in [-0.2, -0.15) is 0 Å². The topological polar surface area (TPSA) is 40.5 Å². The van der Waals surface area contributed by atoms with Gasteiger partial charge in [-0.25, -0.2) is 0 Å². The molecule has 14 heavy (non-hydrogen) atoms. The molecule has 0 saturated heterocycles. The molecule has 0 unspecified atom stereocenters. The van der Waals surface area contributed by atoms with E-state index >= 15 is 0 Å². The molecule has 1 aromatic carbocycles. The number of phenols is 1. The summed E-state index contributed by atoms with van der Waals surface area (Å²) in [6.07, 6.45) is 1.62. The second-order valence-electron chi connectivity index (χ2n) is 3.46. The van der Waals surface area contributed by atoms with Crippen LogP contribution < -0.4 is 0 Å². The lowest BCUT2D eigenvalue weighted by Crippen LogP contribution is -1.97. The minimum atomic E-state index is 0.206. The van der Waals surface area contributed by atoms with Crippen LogP contribution in [0.3, 0.4) is 0 Å².